The van der Waals surface area contributed by atoms with E-state index >= 15 is 0 Å². The number of hydrogen-bond donors (Lipinski definition) is 2. The molecule has 0 saturated heterocycles. The fourth-order valence-corrected chi connectivity index (χ4v) is 5.26. The van der Waals surface area contributed by atoms with Gasteiger partial charge in [0, 0.05) is 27.5 Å². The lowest BCUT2D eigenvalue weighted by molar-refractivity contribution is -0.113. The number of thioether (sulfide) groups is 1. The summed E-state index contributed by atoms with van der Waals surface area (Å²) in [5.74, 6) is -0.922. The number of nitrogens with one attached hydrogen (secondary N) is 2. The number of rotatable bonds is 7. The number of amides is 1. The number of allylic oxidation sites excluding steroid dienone is 2. The second-order valence-electron chi connectivity index (χ2n) is 8.37. The summed E-state index contributed by atoms with van der Waals surface area (Å²) in [5.41, 5.74) is 4.32. The molecule has 1 aliphatic heterocycles. The van der Waals surface area contributed by atoms with Gasteiger partial charge in [-0.3, -0.25) is 9.59 Å². The number of dihydropyridines is 1. The topological polar surface area (TPSA) is 82.0 Å². The first-order chi connectivity index (χ1) is 17.4. The van der Waals surface area contributed by atoms with Gasteiger partial charge in [-0.2, -0.15) is 5.26 Å². The molecule has 0 spiro atoms. The van der Waals surface area contributed by atoms with Crippen LogP contribution in [-0.4, -0.2) is 17.4 Å². The molecule has 0 aliphatic carbocycles. The van der Waals surface area contributed by atoms with Crippen molar-refractivity contribution < 1.29 is 9.59 Å². The Morgan fingerprint density at radius 2 is 1.67 bits per heavy atom. The van der Waals surface area contributed by atoms with Crippen molar-refractivity contribution in [1.82, 2.24) is 5.32 Å². The number of nitrogens with zero attached hydrogens (tertiary/aromatic N) is 1. The van der Waals surface area contributed by atoms with Gasteiger partial charge in [-0.1, -0.05) is 89.6 Å². The van der Waals surface area contributed by atoms with Crippen LogP contribution >= 0.6 is 23.4 Å². The van der Waals surface area contributed by atoms with Crippen molar-refractivity contribution in [3.63, 3.8) is 0 Å². The Bertz CT molecular complexity index is 1410. The smallest absolute Gasteiger partial charge is 0.254 e. The molecule has 1 amide bonds. The van der Waals surface area contributed by atoms with E-state index < -0.39 is 5.92 Å². The van der Waals surface area contributed by atoms with E-state index in [0.717, 1.165) is 5.56 Å². The summed E-state index contributed by atoms with van der Waals surface area (Å²) in [7, 11) is 0. The first-order valence-electron chi connectivity index (χ1n) is 11.3. The molecular weight excluding hydrogens is 490 g/mol. The van der Waals surface area contributed by atoms with Gasteiger partial charge in [0.15, 0.2) is 5.78 Å². The first-order valence-corrected chi connectivity index (χ1v) is 12.7. The predicted octanol–water partition coefficient (Wildman–Crippen LogP) is 6.60. The van der Waals surface area contributed by atoms with Gasteiger partial charge in [-0.25, -0.2) is 0 Å². The Morgan fingerprint density at radius 1 is 1.00 bits per heavy atom. The third kappa shape index (κ3) is 5.54. The lowest BCUT2D eigenvalue weighted by atomic mass is 9.82. The summed E-state index contributed by atoms with van der Waals surface area (Å²) in [6, 6.07) is 26.0. The molecule has 1 atom stereocenters. The van der Waals surface area contributed by atoms with Gasteiger partial charge in [-0.15, -0.1) is 0 Å². The number of nitriles is 1. The van der Waals surface area contributed by atoms with E-state index in [-0.39, 0.29) is 17.4 Å². The van der Waals surface area contributed by atoms with Crippen LogP contribution in [0.25, 0.3) is 0 Å². The van der Waals surface area contributed by atoms with Crippen molar-refractivity contribution in [2.24, 2.45) is 0 Å². The number of carbonyl (C=O) groups excluding carboxylic acids is 2. The van der Waals surface area contributed by atoms with Gasteiger partial charge < -0.3 is 10.6 Å². The van der Waals surface area contributed by atoms with Crippen LogP contribution < -0.4 is 10.6 Å². The zero-order valence-corrected chi connectivity index (χ0v) is 21.4. The highest BCUT2D eigenvalue weighted by molar-refractivity contribution is 8.03. The number of Topliss-reactive ketones (excluding diaryl/α,β-unsaturated/α-hetero) is 1. The Balaban J connectivity index is 1.69. The molecule has 0 aromatic heterocycles. The maximum absolute atomic E-state index is 13.5. The van der Waals surface area contributed by atoms with E-state index in [1.807, 2.05) is 49.4 Å². The summed E-state index contributed by atoms with van der Waals surface area (Å²) in [4.78, 5) is 26.3. The minimum absolute atomic E-state index is 0.0462. The van der Waals surface area contributed by atoms with Crippen molar-refractivity contribution in [2.75, 3.05) is 11.1 Å². The summed E-state index contributed by atoms with van der Waals surface area (Å²) in [6.07, 6.45) is 0. The average Bonchev–Trinajstić information content (AvgIpc) is 2.88. The molecule has 180 valence electrons. The third-order valence-corrected chi connectivity index (χ3v) is 7.22. The predicted molar refractivity (Wildman–Crippen MR) is 146 cm³/mol. The quantitative estimate of drug-likeness (QED) is 0.348. The average molecular weight is 514 g/mol. The first kappa shape index (κ1) is 25.3. The Morgan fingerprint density at radius 3 is 2.33 bits per heavy atom. The number of ketones is 1. The Hall–Kier alpha value is -3.79. The van der Waals surface area contributed by atoms with E-state index in [9.17, 15) is 14.9 Å². The van der Waals surface area contributed by atoms with E-state index in [1.54, 1.807) is 43.3 Å². The maximum Gasteiger partial charge on any atom is 0.254 e. The molecule has 4 rings (SSSR count). The van der Waals surface area contributed by atoms with Crippen LogP contribution in [0.2, 0.25) is 5.02 Å². The second kappa shape index (κ2) is 11.3. The van der Waals surface area contributed by atoms with Gasteiger partial charge in [0.1, 0.15) is 0 Å². The molecule has 1 heterocycles. The van der Waals surface area contributed by atoms with Gasteiger partial charge in [-0.05, 0) is 37.6 Å². The van der Waals surface area contributed by atoms with E-state index in [2.05, 4.69) is 16.7 Å². The van der Waals surface area contributed by atoms with Gasteiger partial charge in [0.05, 0.1) is 28.3 Å². The van der Waals surface area contributed by atoms with Crippen LogP contribution in [-0.2, 0) is 4.79 Å². The van der Waals surface area contributed by atoms with Crippen LogP contribution in [0.1, 0.15) is 34.3 Å². The Labute approximate surface area is 219 Å². The molecule has 0 bridgehead atoms. The summed E-state index contributed by atoms with van der Waals surface area (Å²) in [6.45, 7) is 3.76. The molecule has 1 unspecified atom stereocenters. The molecule has 36 heavy (non-hydrogen) atoms. The van der Waals surface area contributed by atoms with E-state index in [0.29, 0.717) is 43.7 Å². The fraction of sp³-hybridized carbons (Fsp3) is 0.138. The molecule has 3 aromatic rings. The van der Waals surface area contributed by atoms with Gasteiger partial charge in [0.2, 0.25) is 0 Å². The lowest BCUT2D eigenvalue weighted by Crippen LogP contribution is -2.31. The normalized spacial score (nSPS) is 15.2. The molecule has 1 aliphatic rings. The standard InChI is InChI=1S/C29H24ClN3O2S/c1-18-12-14-20(15-13-18)25(34)17-36-29-23(16-31)27(22-10-6-7-11-24(22)30)26(19(2)32-29)28(35)33-21-8-4-3-5-9-21/h3-15,27,32H,17H2,1-2H3,(H,33,35). The largest absolute Gasteiger partial charge is 0.353 e. The van der Waals surface area contributed by atoms with Crippen molar-refractivity contribution in [1.29, 1.82) is 5.26 Å². The zero-order chi connectivity index (χ0) is 25.7. The fourth-order valence-electron chi connectivity index (χ4n) is 4.03. The third-order valence-electron chi connectivity index (χ3n) is 5.86. The second-order valence-corrected chi connectivity index (χ2v) is 9.76. The van der Waals surface area contributed by atoms with Crippen LogP contribution in [0.5, 0.6) is 0 Å². The summed E-state index contributed by atoms with van der Waals surface area (Å²) in [5, 5.41) is 17.4. The van der Waals surface area contributed by atoms with Crippen molar-refractivity contribution in [3.8, 4) is 6.07 Å². The van der Waals surface area contributed by atoms with Crippen molar-refractivity contribution in [2.45, 2.75) is 19.8 Å². The zero-order valence-electron chi connectivity index (χ0n) is 19.8. The highest BCUT2D eigenvalue weighted by atomic mass is 35.5. The van der Waals surface area contributed by atoms with Crippen LogP contribution in [0.15, 0.2) is 101 Å². The highest BCUT2D eigenvalue weighted by Crippen LogP contribution is 2.43. The SMILES string of the molecule is CC1=C(C(=O)Nc2ccccc2)C(c2ccccc2Cl)C(C#N)=C(SCC(=O)c2ccc(C)cc2)N1. The molecule has 7 heteroatoms. The van der Waals surface area contributed by atoms with Crippen molar-refractivity contribution in [3.05, 3.63) is 122 Å². The summed E-state index contributed by atoms with van der Waals surface area (Å²) >= 11 is 7.81. The van der Waals surface area contributed by atoms with Crippen LogP contribution in [0, 0.1) is 18.3 Å². The van der Waals surface area contributed by atoms with Crippen molar-refractivity contribution >= 4 is 40.7 Å². The molecule has 3 aromatic carbocycles. The maximum atomic E-state index is 13.5. The van der Waals surface area contributed by atoms with Gasteiger partial charge in [0.25, 0.3) is 5.91 Å². The van der Waals surface area contributed by atoms with Crippen LogP contribution in [0.4, 0.5) is 5.69 Å². The molecule has 2 N–H and O–H groups in total. The van der Waals surface area contributed by atoms with Gasteiger partial charge >= 0.3 is 0 Å². The number of carbonyl (C=O) groups is 2. The number of halogens is 1. The molecule has 0 fully saturated rings. The van der Waals surface area contributed by atoms with Crippen LogP contribution in [0.3, 0.4) is 0 Å². The molecule has 0 radical (unpaired) electrons. The summed E-state index contributed by atoms with van der Waals surface area (Å²) < 4.78 is 0. The number of hydrogen-bond acceptors (Lipinski definition) is 5. The number of anilines is 1. The lowest BCUT2D eigenvalue weighted by Gasteiger charge is -2.30. The number of aryl methyl sites for hydroxylation is 1. The van der Waals surface area contributed by atoms with E-state index in [4.69, 9.17) is 11.6 Å². The minimum atomic E-state index is -0.689. The number of benzene rings is 3. The monoisotopic (exact) mass is 513 g/mol. The molecule has 5 nitrogen and oxygen atoms in total. The Kier molecular flexibility index (Phi) is 7.94. The van der Waals surface area contributed by atoms with E-state index in [1.165, 1.54) is 11.8 Å². The molecular formula is C29H24ClN3O2S. The number of para-hydroxylation sites is 1. The minimum Gasteiger partial charge on any atom is -0.353 e. The molecule has 0 saturated carbocycles. The highest BCUT2D eigenvalue weighted by Gasteiger charge is 2.36.